The lowest BCUT2D eigenvalue weighted by Crippen LogP contribution is -2.54. The fourth-order valence-corrected chi connectivity index (χ4v) is 6.81. The van der Waals surface area contributed by atoms with E-state index in [1.165, 1.54) is 29.2 Å². The van der Waals surface area contributed by atoms with Crippen molar-refractivity contribution in [3.63, 3.8) is 0 Å². The molecule has 0 aliphatic rings. The quantitative estimate of drug-likeness (QED) is 0.163. The van der Waals surface area contributed by atoms with Crippen LogP contribution in [0.5, 0.6) is 0 Å². The largest absolute Gasteiger partial charge is 0.416 e. The molecule has 1 atom stereocenters. The molecule has 0 aliphatic carbocycles. The minimum Gasteiger partial charge on any atom is -0.352 e. The molecule has 0 saturated heterocycles. The number of hydrogen-bond donors (Lipinski definition) is 1. The first-order chi connectivity index (χ1) is 22.2. The van der Waals surface area contributed by atoms with E-state index in [4.69, 9.17) is 11.6 Å². The number of hydrogen-bond acceptors (Lipinski definition) is 4. The van der Waals surface area contributed by atoms with Crippen LogP contribution >= 0.6 is 27.5 Å². The van der Waals surface area contributed by atoms with E-state index in [0.29, 0.717) is 15.9 Å². The van der Waals surface area contributed by atoms with Crippen LogP contribution in [-0.2, 0) is 38.8 Å². The van der Waals surface area contributed by atoms with Crippen molar-refractivity contribution < 1.29 is 31.2 Å². The molecular weight excluding hydrogens is 719 g/mol. The number of anilines is 1. The van der Waals surface area contributed by atoms with Gasteiger partial charge in [0, 0.05) is 23.5 Å². The summed E-state index contributed by atoms with van der Waals surface area (Å²) in [5.41, 5.74) is -0.317. The monoisotopic (exact) mass is 749 g/mol. The van der Waals surface area contributed by atoms with E-state index < -0.39 is 51.9 Å². The van der Waals surface area contributed by atoms with Crippen LogP contribution in [-0.4, -0.2) is 43.8 Å². The summed E-state index contributed by atoms with van der Waals surface area (Å²) in [6.45, 7) is 2.48. The zero-order valence-electron chi connectivity index (χ0n) is 25.4. The number of rotatable bonds is 12. The van der Waals surface area contributed by atoms with Gasteiger partial charge in [-0.15, -0.1) is 0 Å². The second kappa shape index (κ2) is 15.4. The number of sulfonamides is 1. The average molecular weight is 751 g/mol. The summed E-state index contributed by atoms with van der Waals surface area (Å²) in [6.07, 6.45) is -4.74. The Balaban J connectivity index is 1.87. The molecule has 0 aliphatic heterocycles. The van der Waals surface area contributed by atoms with Crippen LogP contribution < -0.4 is 9.62 Å². The Hall–Kier alpha value is -3.87. The molecule has 248 valence electrons. The summed E-state index contributed by atoms with van der Waals surface area (Å²) in [4.78, 5) is 29.2. The smallest absolute Gasteiger partial charge is 0.352 e. The number of carbonyl (C=O) groups is 2. The molecule has 4 aromatic rings. The van der Waals surface area contributed by atoms with Crippen LogP contribution in [0.3, 0.4) is 0 Å². The molecule has 47 heavy (non-hydrogen) atoms. The third-order valence-electron chi connectivity index (χ3n) is 7.12. The van der Waals surface area contributed by atoms with E-state index >= 15 is 0 Å². The maximum atomic E-state index is 14.5. The van der Waals surface area contributed by atoms with Crippen molar-refractivity contribution in [1.82, 2.24) is 10.2 Å². The van der Waals surface area contributed by atoms with Crippen molar-refractivity contribution in [2.24, 2.45) is 0 Å². The minimum absolute atomic E-state index is 0.0808. The highest BCUT2D eigenvalue weighted by Crippen LogP contribution is 2.37. The lowest BCUT2D eigenvalue weighted by molar-refractivity contribution is -0.140. The SMILES string of the molecule is CC(C)NC(=O)[C@@H](Cc1ccccc1)N(Cc1ccc(Br)cc1)C(=O)CN(c1cc(C(F)(F)F)ccc1Cl)S(=O)(=O)c1ccccc1. The number of benzene rings is 4. The van der Waals surface area contributed by atoms with Crippen LogP contribution in [0, 0.1) is 0 Å². The van der Waals surface area contributed by atoms with Gasteiger partial charge in [0.25, 0.3) is 10.0 Å². The summed E-state index contributed by atoms with van der Waals surface area (Å²) in [5.74, 6) is -1.32. The van der Waals surface area contributed by atoms with Gasteiger partial charge >= 0.3 is 6.18 Å². The number of amides is 2. The van der Waals surface area contributed by atoms with Crippen molar-refractivity contribution in [2.45, 2.75) is 50.0 Å². The van der Waals surface area contributed by atoms with Gasteiger partial charge in [-0.05, 0) is 67.4 Å². The Labute approximate surface area is 285 Å². The highest BCUT2D eigenvalue weighted by molar-refractivity contribution is 9.10. The van der Waals surface area contributed by atoms with E-state index in [1.807, 2.05) is 6.07 Å². The van der Waals surface area contributed by atoms with Crippen LogP contribution in [0.4, 0.5) is 18.9 Å². The Morgan fingerprint density at radius 2 is 1.47 bits per heavy atom. The number of nitrogens with one attached hydrogen (secondary N) is 1. The summed E-state index contributed by atoms with van der Waals surface area (Å²) in [6, 6.07) is 23.9. The lowest BCUT2D eigenvalue weighted by Gasteiger charge is -2.34. The first-order valence-corrected chi connectivity index (χ1v) is 17.1. The second-order valence-electron chi connectivity index (χ2n) is 11.0. The van der Waals surface area contributed by atoms with Gasteiger partial charge in [0.2, 0.25) is 11.8 Å². The molecule has 1 N–H and O–H groups in total. The fourth-order valence-electron chi connectivity index (χ4n) is 4.83. The number of carbonyl (C=O) groups excluding carboxylic acids is 2. The number of halogens is 5. The second-order valence-corrected chi connectivity index (χ2v) is 14.2. The minimum atomic E-state index is -4.82. The third-order valence-corrected chi connectivity index (χ3v) is 9.74. The molecule has 0 spiro atoms. The predicted molar refractivity (Wildman–Crippen MR) is 179 cm³/mol. The molecule has 4 aromatic carbocycles. The molecule has 0 aromatic heterocycles. The number of alkyl halides is 3. The molecule has 0 unspecified atom stereocenters. The third kappa shape index (κ3) is 9.36. The topological polar surface area (TPSA) is 86.8 Å². The van der Waals surface area contributed by atoms with Crippen LogP contribution in [0.25, 0.3) is 0 Å². The first-order valence-electron chi connectivity index (χ1n) is 14.5. The molecule has 7 nitrogen and oxygen atoms in total. The van der Waals surface area contributed by atoms with E-state index in [1.54, 1.807) is 68.4 Å². The lowest BCUT2D eigenvalue weighted by atomic mass is 10.0. The van der Waals surface area contributed by atoms with Crippen LogP contribution in [0.15, 0.2) is 112 Å². The van der Waals surface area contributed by atoms with E-state index in [2.05, 4.69) is 21.2 Å². The van der Waals surface area contributed by atoms with E-state index in [0.717, 1.165) is 22.2 Å². The van der Waals surface area contributed by atoms with Gasteiger partial charge in [-0.2, -0.15) is 13.2 Å². The molecule has 13 heteroatoms. The molecule has 0 radical (unpaired) electrons. The summed E-state index contributed by atoms with van der Waals surface area (Å²) >= 11 is 9.74. The molecular formula is C34H32BrClF3N3O4S. The van der Waals surface area contributed by atoms with Crippen molar-refractivity contribution in [3.05, 3.63) is 129 Å². The normalized spacial score (nSPS) is 12.4. The molecule has 0 heterocycles. The molecule has 0 saturated carbocycles. The summed E-state index contributed by atoms with van der Waals surface area (Å²) in [7, 11) is -4.64. The zero-order valence-corrected chi connectivity index (χ0v) is 28.6. The first kappa shape index (κ1) is 36.0. The highest BCUT2D eigenvalue weighted by Gasteiger charge is 2.37. The van der Waals surface area contributed by atoms with Crippen LogP contribution in [0.1, 0.15) is 30.5 Å². The molecule has 0 fully saturated rings. The fraction of sp³-hybridized carbons (Fsp3) is 0.235. The molecule has 2 amide bonds. The summed E-state index contributed by atoms with van der Waals surface area (Å²) < 4.78 is 70.9. The number of nitrogens with zero attached hydrogens (tertiary/aromatic N) is 2. The van der Waals surface area contributed by atoms with Gasteiger partial charge in [0.05, 0.1) is 21.2 Å². The van der Waals surface area contributed by atoms with Gasteiger partial charge in [-0.3, -0.25) is 13.9 Å². The van der Waals surface area contributed by atoms with Gasteiger partial charge in [-0.25, -0.2) is 8.42 Å². The average Bonchev–Trinajstić information content (AvgIpc) is 3.02. The van der Waals surface area contributed by atoms with E-state index in [9.17, 15) is 31.2 Å². The Morgan fingerprint density at radius 1 is 0.872 bits per heavy atom. The standard InChI is InChI=1S/C34H32BrClF3N3O4S/c1-23(2)40-33(44)31(19-24-9-5-3-6-10-24)41(21-25-13-16-27(35)17-14-25)32(43)22-42(47(45,46)28-11-7-4-8-12-28)30-20-26(34(37,38)39)15-18-29(30)36/h3-18,20,23,31H,19,21-22H2,1-2H3,(H,40,44)/t31-/m1/s1. The van der Waals surface area contributed by atoms with Gasteiger partial charge in [0.15, 0.2) is 0 Å². The van der Waals surface area contributed by atoms with Crippen molar-refractivity contribution in [2.75, 3.05) is 10.8 Å². The Bertz CT molecular complexity index is 1790. The molecule has 4 rings (SSSR count). The maximum Gasteiger partial charge on any atom is 0.416 e. The van der Waals surface area contributed by atoms with Gasteiger partial charge in [-0.1, -0.05) is 88.2 Å². The van der Waals surface area contributed by atoms with Crippen molar-refractivity contribution >= 4 is 55.1 Å². The maximum absolute atomic E-state index is 14.5. The Morgan fingerprint density at radius 3 is 2.04 bits per heavy atom. The van der Waals surface area contributed by atoms with E-state index in [-0.39, 0.29) is 28.9 Å². The van der Waals surface area contributed by atoms with Crippen molar-refractivity contribution in [1.29, 1.82) is 0 Å². The highest BCUT2D eigenvalue weighted by atomic mass is 79.9. The van der Waals surface area contributed by atoms with Crippen molar-refractivity contribution in [3.8, 4) is 0 Å². The Kier molecular flexibility index (Phi) is 11.8. The zero-order chi connectivity index (χ0) is 34.4. The predicted octanol–water partition coefficient (Wildman–Crippen LogP) is 7.48. The van der Waals surface area contributed by atoms with Gasteiger partial charge < -0.3 is 10.2 Å². The van der Waals surface area contributed by atoms with Crippen LogP contribution in [0.2, 0.25) is 5.02 Å². The summed E-state index contributed by atoms with van der Waals surface area (Å²) in [5, 5.41) is 2.53. The molecule has 0 bridgehead atoms. The van der Waals surface area contributed by atoms with Gasteiger partial charge in [0.1, 0.15) is 12.6 Å².